The highest BCUT2D eigenvalue weighted by molar-refractivity contribution is 14.1. The number of hydrogen-bond acceptors (Lipinski definition) is 3. The smallest absolute Gasteiger partial charge is 0.340 e. The van der Waals surface area contributed by atoms with Gasteiger partial charge in [-0.25, -0.2) is 4.79 Å². The van der Waals surface area contributed by atoms with Crippen LogP contribution in [0.15, 0.2) is 12.1 Å². The molecule has 106 valence electrons. The maximum absolute atomic E-state index is 12.4. The first-order chi connectivity index (χ1) is 9.47. The Hall–Kier alpha value is 0.400. The number of carbonyl (C=O) groups excluding carboxylic acids is 1. The van der Waals surface area contributed by atoms with E-state index in [1.807, 2.05) is 12.1 Å². The third-order valence-electron chi connectivity index (χ3n) is 3.11. The molecule has 1 saturated heterocycles. The molecular formula is C14H12I3NO2. The fraction of sp³-hybridized carbons (Fsp3) is 0.357. The molecule has 0 radical (unpaired) electrons. The molecule has 2 rings (SSSR count). The van der Waals surface area contributed by atoms with Crippen LogP contribution in [-0.4, -0.2) is 24.7 Å². The van der Waals surface area contributed by atoms with Crippen LogP contribution in [0.1, 0.15) is 23.2 Å². The second-order valence-electron chi connectivity index (χ2n) is 4.56. The number of halogens is 3. The van der Waals surface area contributed by atoms with Crippen molar-refractivity contribution in [2.24, 2.45) is 0 Å². The molecule has 0 spiro atoms. The van der Waals surface area contributed by atoms with Crippen molar-refractivity contribution in [1.82, 2.24) is 5.32 Å². The van der Waals surface area contributed by atoms with E-state index in [9.17, 15) is 4.79 Å². The molecule has 1 fully saturated rings. The van der Waals surface area contributed by atoms with Crippen molar-refractivity contribution in [2.75, 3.05) is 13.1 Å². The third-order valence-corrected chi connectivity index (χ3v) is 6.78. The van der Waals surface area contributed by atoms with Crippen molar-refractivity contribution in [2.45, 2.75) is 18.4 Å². The van der Waals surface area contributed by atoms with Gasteiger partial charge in [0.05, 0.1) is 5.56 Å². The molecule has 1 heterocycles. The van der Waals surface area contributed by atoms with Crippen LogP contribution in [0, 0.1) is 23.1 Å². The number of esters is 1. The van der Waals surface area contributed by atoms with Gasteiger partial charge in [0, 0.05) is 23.7 Å². The summed E-state index contributed by atoms with van der Waals surface area (Å²) in [5.74, 6) is 2.31. The van der Waals surface area contributed by atoms with Gasteiger partial charge in [0.25, 0.3) is 0 Å². The lowest BCUT2D eigenvalue weighted by molar-refractivity contribution is -0.00117. The molecule has 1 aliphatic heterocycles. The monoisotopic (exact) mass is 607 g/mol. The van der Waals surface area contributed by atoms with Crippen LogP contribution >= 0.6 is 67.8 Å². The third kappa shape index (κ3) is 3.78. The Labute approximate surface area is 159 Å². The molecule has 1 aliphatic rings. The first-order valence-electron chi connectivity index (χ1n) is 6.04. The zero-order chi connectivity index (χ0) is 14.8. The van der Waals surface area contributed by atoms with Gasteiger partial charge in [0.15, 0.2) is 5.60 Å². The second kappa shape index (κ2) is 7.11. The van der Waals surface area contributed by atoms with E-state index in [1.165, 1.54) is 0 Å². The molecule has 0 aliphatic carbocycles. The minimum Gasteiger partial charge on any atom is -0.441 e. The molecule has 6 heteroatoms. The molecule has 3 nitrogen and oxygen atoms in total. The maximum atomic E-state index is 12.4. The van der Waals surface area contributed by atoms with E-state index >= 15 is 0 Å². The van der Waals surface area contributed by atoms with Crippen LogP contribution in [0.25, 0.3) is 0 Å². The minimum absolute atomic E-state index is 0.340. The number of hydrogen-bond donors (Lipinski definition) is 1. The van der Waals surface area contributed by atoms with Crippen LogP contribution < -0.4 is 5.32 Å². The van der Waals surface area contributed by atoms with Gasteiger partial charge in [0.1, 0.15) is 0 Å². The summed E-state index contributed by atoms with van der Waals surface area (Å²) in [5, 5.41) is 3.20. The first-order valence-corrected chi connectivity index (χ1v) is 9.27. The lowest BCUT2D eigenvalue weighted by Gasteiger charge is -2.32. The highest BCUT2D eigenvalue weighted by atomic mass is 127. The molecule has 0 amide bonds. The van der Waals surface area contributed by atoms with Crippen LogP contribution in [0.3, 0.4) is 0 Å². The quantitative estimate of drug-likeness (QED) is 0.243. The van der Waals surface area contributed by atoms with E-state index in [-0.39, 0.29) is 5.97 Å². The van der Waals surface area contributed by atoms with E-state index in [4.69, 9.17) is 11.2 Å². The van der Waals surface area contributed by atoms with Crippen LogP contribution in [0.4, 0.5) is 0 Å². The van der Waals surface area contributed by atoms with Crippen molar-refractivity contribution in [1.29, 1.82) is 0 Å². The summed E-state index contributed by atoms with van der Waals surface area (Å²) in [6.07, 6.45) is 7.21. The number of ether oxygens (including phenoxy) is 1. The Morgan fingerprint density at radius 1 is 1.40 bits per heavy atom. The van der Waals surface area contributed by atoms with Gasteiger partial charge in [-0.3, -0.25) is 0 Å². The van der Waals surface area contributed by atoms with E-state index in [1.54, 1.807) is 0 Å². The number of nitrogens with one attached hydrogen (secondary N) is 1. The second-order valence-corrected chi connectivity index (χ2v) is 8.04. The Bertz CT molecular complexity index is 575. The van der Waals surface area contributed by atoms with Crippen LogP contribution in [0.2, 0.25) is 0 Å². The van der Waals surface area contributed by atoms with Crippen molar-refractivity contribution in [3.05, 3.63) is 28.4 Å². The molecule has 0 bridgehead atoms. The van der Waals surface area contributed by atoms with Crippen molar-refractivity contribution in [3.8, 4) is 12.3 Å². The number of piperidine rings is 1. The summed E-state index contributed by atoms with van der Waals surface area (Å²) in [6, 6.07) is 3.87. The molecule has 1 aromatic rings. The largest absolute Gasteiger partial charge is 0.441 e. The number of carbonyl (C=O) groups is 1. The van der Waals surface area contributed by atoms with Crippen molar-refractivity contribution < 1.29 is 9.53 Å². The summed E-state index contributed by atoms with van der Waals surface area (Å²) >= 11 is 6.58. The topological polar surface area (TPSA) is 38.3 Å². The van der Waals surface area contributed by atoms with Gasteiger partial charge in [-0.1, -0.05) is 5.92 Å². The van der Waals surface area contributed by atoms with Crippen LogP contribution in [0.5, 0.6) is 0 Å². The van der Waals surface area contributed by atoms with E-state index in [0.717, 1.165) is 23.7 Å². The summed E-state index contributed by atoms with van der Waals surface area (Å²) in [7, 11) is 0. The van der Waals surface area contributed by atoms with Gasteiger partial charge < -0.3 is 10.1 Å². The van der Waals surface area contributed by atoms with E-state index < -0.39 is 5.60 Å². The van der Waals surface area contributed by atoms with Gasteiger partial charge in [-0.05, 0) is 92.9 Å². The average Bonchev–Trinajstić information content (AvgIpc) is 2.43. The summed E-state index contributed by atoms with van der Waals surface area (Å²) < 4.78 is 8.61. The first kappa shape index (κ1) is 16.8. The van der Waals surface area contributed by atoms with Gasteiger partial charge >= 0.3 is 5.97 Å². The molecular weight excluding hydrogens is 595 g/mol. The molecule has 20 heavy (non-hydrogen) atoms. The highest BCUT2D eigenvalue weighted by Gasteiger charge is 2.35. The zero-order valence-corrected chi connectivity index (χ0v) is 17.0. The van der Waals surface area contributed by atoms with E-state index in [0.29, 0.717) is 18.5 Å². The summed E-state index contributed by atoms with van der Waals surface area (Å²) in [6.45, 7) is 1.44. The number of terminal acetylenes is 1. The van der Waals surface area contributed by atoms with Crippen LogP contribution in [-0.2, 0) is 4.74 Å². The zero-order valence-electron chi connectivity index (χ0n) is 10.5. The fourth-order valence-corrected chi connectivity index (χ4v) is 4.43. The fourth-order valence-electron chi connectivity index (χ4n) is 2.05. The lowest BCUT2D eigenvalue weighted by Crippen LogP contribution is -2.47. The molecule has 1 aromatic carbocycles. The maximum Gasteiger partial charge on any atom is 0.340 e. The Kier molecular flexibility index (Phi) is 5.96. The van der Waals surface area contributed by atoms with Gasteiger partial charge in [-0.2, -0.15) is 0 Å². The minimum atomic E-state index is -0.814. The molecule has 0 aromatic heterocycles. The SMILES string of the molecule is C#CC1(OC(=O)c2cc(I)cc(I)c2I)CCCNC1. The van der Waals surface area contributed by atoms with Crippen molar-refractivity contribution in [3.63, 3.8) is 0 Å². The Morgan fingerprint density at radius 3 is 2.75 bits per heavy atom. The molecule has 1 atom stereocenters. The standard InChI is InChI=1S/C14H12I3NO2/c1-2-14(4-3-5-18-8-14)20-13(19)10-6-9(15)7-11(16)12(10)17/h1,6-7,18H,3-5,8H2. The highest BCUT2D eigenvalue weighted by Crippen LogP contribution is 2.27. The molecule has 1 N–H and O–H groups in total. The Balaban J connectivity index is 2.26. The lowest BCUT2D eigenvalue weighted by atomic mass is 9.95. The van der Waals surface area contributed by atoms with Gasteiger partial charge in [-0.15, -0.1) is 6.42 Å². The van der Waals surface area contributed by atoms with Crippen molar-refractivity contribution >= 4 is 73.7 Å². The number of rotatable bonds is 2. The summed E-state index contributed by atoms with van der Waals surface area (Å²) in [5.41, 5.74) is -0.229. The molecule has 1 unspecified atom stereocenters. The number of benzene rings is 1. The predicted octanol–water partition coefficient (Wildman–Crippen LogP) is 3.41. The predicted molar refractivity (Wildman–Crippen MR) is 104 cm³/mol. The van der Waals surface area contributed by atoms with E-state index in [2.05, 4.69) is 79.0 Å². The Morgan fingerprint density at radius 2 is 2.15 bits per heavy atom. The van der Waals surface area contributed by atoms with Gasteiger partial charge in [0.2, 0.25) is 0 Å². The summed E-state index contributed by atoms with van der Waals surface area (Å²) in [4.78, 5) is 12.4. The normalized spacial score (nSPS) is 22.1. The molecule has 0 saturated carbocycles. The average molecular weight is 607 g/mol.